The SMILES string of the molecule is CCCCCCCCCCCCC1C2C(=O)C3CC(C(C)(C)CC)CCC3C2C(CCCCCCCCCCCC)C2C(=O)C3CC(c4ccc(-c5ccc(C(C)C)s5)s4)CCC3C12. The summed E-state index contributed by atoms with van der Waals surface area (Å²) in [5, 5.41) is 0. The van der Waals surface area contributed by atoms with Gasteiger partial charge in [0.15, 0.2) is 0 Å². The van der Waals surface area contributed by atoms with Gasteiger partial charge in [0.05, 0.1) is 0 Å². The number of fused-ring (bicyclic) bond motifs is 6. The molecule has 0 radical (unpaired) electrons. The summed E-state index contributed by atoms with van der Waals surface area (Å²) >= 11 is 3.97. The number of rotatable bonds is 27. The number of carbonyl (C=O) groups excluding carboxylic acids is 2. The molecular formula is C60H96O2S2. The summed E-state index contributed by atoms with van der Waals surface area (Å²) in [6.07, 6.45) is 37.9. The molecule has 5 saturated carbocycles. The zero-order valence-corrected chi connectivity index (χ0v) is 44.1. The molecule has 2 heterocycles. The molecule has 0 saturated heterocycles. The predicted molar refractivity (Wildman–Crippen MR) is 278 cm³/mol. The Morgan fingerprint density at radius 3 is 1.48 bits per heavy atom. The van der Waals surface area contributed by atoms with Crippen molar-refractivity contribution in [2.24, 2.45) is 70.5 Å². The molecule has 0 aromatic carbocycles. The Labute approximate surface area is 402 Å². The lowest BCUT2D eigenvalue weighted by atomic mass is 9.53. The molecule has 0 N–H and O–H groups in total. The molecule has 12 unspecified atom stereocenters. The second kappa shape index (κ2) is 24.3. The lowest BCUT2D eigenvalue weighted by Gasteiger charge is -2.50. The predicted octanol–water partition coefficient (Wildman–Crippen LogP) is 19.1. The number of Topliss-reactive ketones (excluding diaryl/α,β-unsaturated/α-hetero) is 2. The smallest absolute Gasteiger partial charge is 0.139 e. The molecule has 5 aliphatic rings. The van der Waals surface area contributed by atoms with E-state index in [2.05, 4.69) is 72.7 Å². The second-order valence-corrected chi connectivity index (χ2v) is 26.0. The zero-order chi connectivity index (χ0) is 45.2. The molecule has 2 aromatic rings. The van der Waals surface area contributed by atoms with E-state index in [0.717, 1.165) is 12.8 Å². The molecule has 5 aliphatic carbocycles. The third-order valence-electron chi connectivity index (χ3n) is 19.2. The van der Waals surface area contributed by atoms with E-state index in [1.807, 2.05) is 22.7 Å². The number of hydrogen-bond acceptors (Lipinski definition) is 4. The van der Waals surface area contributed by atoms with Crippen molar-refractivity contribution in [3.63, 3.8) is 0 Å². The molecule has 2 aromatic heterocycles. The first-order valence-electron chi connectivity index (χ1n) is 28.4. The Kier molecular flexibility index (Phi) is 19.2. The maximum atomic E-state index is 15.6. The number of ketones is 2. The topological polar surface area (TPSA) is 34.1 Å². The Bertz CT molecular complexity index is 1690. The first-order chi connectivity index (χ1) is 31.1. The average Bonchev–Trinajstić information content (AvgIpc) is 4.10. The normalized spacial score (nSPS) is 31.4. The van der Waals surface area contributed by atoms with Crippen molar-refractivity contribution < 1.29 is 9.59 Å². The van der Waals surface area contributed by atoms with Crippen LogP contribution in [-0.4, -0.2) is 11.6 Å². The van der Waals surface area contributed by atoms with Crippen LogP contribution in [0, 0.1) is 70.5 Å². The number of carbonyl (C=O) groups is 2. The highest BCUT2D eigenvalue weighted by atomic mass is 32.1. The molecule has 64 heavy (non-hydrogen) atoms. The van der Waals surface area contributed by atoms with E-state index in [1.54, 1.807) is 0 Å². The molecule has 0 bridgehead atoms. The molecule has 5 fully saturated rings. The van der Waals surface area contributed by atoms with Gasteiger partial charge in [-0.05, 0) is 134 Å². The third kappa shape index (κ3) is 11.8. The highest BCUT2D eigenvalue weighted by Crippen LogP contribution is 2.68. The monoisotopic (exact) mass is 913 g/mol. The minimum Gasteiger partial charge on any atom is -0.299 e. The van der Waals surface area contributed by atoms with E-state index >= 15 is 9.59 Å². The van der Waals surface area contributed by atoms with Crippen LogP contribution in [-0.2, 0) is 9.59 Å². The molecule has 2 nitrogen and oxygen atoms in total. The van der Waals surface area contributed by atoms with Gasteiger partial charge in [-0.15, -0.1) is 22.7 Å². The van der Waals surface area contributed by atoms with Gasteiger partial charge < -0.3 is 0 Å². The Morgan fingerprint density at radius 1 is 0.547 bits per heavy atom. The van der Waals surface area contributed by atoms with Crippen LogP contribution < -0.4 is 0 Å². The largest absolute Gasteiger partial charge is 0.299 e. The summed E-state index contributed by atoms with van der Waals surface area (Å²) in [5.74, 6) is 6.74. The van der Waals surface area contributed by atoms with Crippen molar-refractivity contribution in [2.45, 2.75) is 247 Å². The van der Waals surface area contributed by atoms with E-state index in [9.17, 15) is 0 Å². The number of hydrogen-bond donors (Lipinski definition) is 0. The molecule has 0 amide bonds. The Hall–Kier alpha value is -1.26. The molecule has 0 spiro atoms. The fourth-order valence-corrected chi connectivity index (χ4v) is 17.5. The van der Waals surface area contributed by atoms with E-state index in [1.165, 1.54) is 193 Å². The molecule has 4 heteroatoms. The van der Waals surface area contributed by atoms with Crippen molar-refractivity contribution in [1.82, 2.24) is 0 Å². The molecule has 360 valence electrons. The van der Waals surface area contributed by atoms with Gasteiger partial charge in [-0.2, -0.15) is 0 Å². The van der Waals surface area contributed by atoms with Crippen LogP contribution in [0.15, 0.2) is 24.3 Å². The maximum absolute atomic E-state index is 15.6. The Morgan fingerprint density at radius 2 is 1.00 bits per heavy atom. The van der Waals surface area contributed by atoms with Crippen LogP contribution in [0.3, 0.4) is 0 Å². The van der Waals surface area contributed by atoms with Crippen molar-refractivity contribution in [2.75, 3.05) is 0 Å². The lowest BCUT2D eigenvalue weighted by molar-refractivity contribution is -0.136. The van der Waals surface area contributed by atoms with Crippen molar-refractivity contribution in [3.05, 3.63) is 34.0 Å². The van der Waals surface area contributed by atoms with Gasteiger partial charge in [-0.1, -0.05) is 183 Å². The van der Waals surface area contributed by atoms with Crippen LogP contribution in [0.2, 0.25) is 0 Å². The van der Waals surface area contributed by atoms with Crippen molar-refractivity contribution in [1.29, 1.82) is 0 Å². The second-order valence-electron chi connectivity index (χ2n) is 23.7. The van der Waals surface area contributed by atoms with E-state index in [0.29, 0.717) is 70.2 Å². The first kappa shape index (κ1) is 50.6. The van der Waals surface area contributed by atoms with Gasteiger partial charge in [0.2, 0.25) is 0 Å². The molecular weight excluding hydrogens is 817 g/mol. The van der Waals surface area contributed by atoms with E-state index in [4.69, 9.17) is 0 Å². The summed E-state index contributed by atoms with van der Waals surface area (Å²) in [6, 6.07) is 9.46. The van der Waals surface area contributed by atoms with Gasteiger partial charge in [0.25, 0.3) is 0 Å². The fraction of sp³-hybridized carbons (Fsp3) is 0.833. The highest BCUT2D eigenvalue weighted by molar-refractivity contribution is 7.22. The van der Waals surface area contributed by atoms with Crippen LogP contribution in [0.5, 0.6) is 0 Å². The van der Waals surface area contributed by atoms with Gasteiger partial charge in [0, 0.05) is 43.2 Å². The maximum Gasteiger partial charge on any atom is 0.139 e. The lowest BCUT2D eigenvalue weighted by Crippen LogP contribution is -2.49. The Balaban J connectivity index is 1.11. The average molecular weight is 914 g/mol. The molecule has 0 aliphatic heterocycles. The summed E-state index contributed by atoms with van der Waals surface area (Å²) in [5.41, 5.74) is 0.298. The number of thiophene rings is 2. The third-order valence-corrected chi connectivity index (χ3v) is 22.0. The number of unbranched alkanes of at least 4 members (excludes halogenated alkanes) is 18. The van der Waals surface area contributed by atoms with Crippen LogP contribution in [0.25, 0.3) is 9.75 Å². The van der Waals surface area contributed by atoms with E-state index in [-0.39, 0.29) is 23.7 Å². The summed E-state index contributed by atoms with van der Waals surface area (Å²) in [4.78, 5) is 36.9. The highest BCUT2D eigenvalue weighted by Gasteiger charge is 2.67. The standard InChI is InChI=1S/C60H96O2S2/c1-8-11-13-15-17-19-21-23-25-27-29-46-54-44-33-31-42(51-36-38-53(64-51)52-37-35-50(63-52)41(4)5)39-48(44)58(61)56(54)47(30-28-26-24-22-20-18-16-14-12-9-2)55-45-34-32-43(60(6,7)10-3)40-49(45)59(62)57(46)55/h35-38,41-49,54-57H,8-34,39-40H2,1-7H3. The summed E-state index contributed by atoms with van der Waals surface area (Å²) < 4.78 is 0. The minimum absolute atomic E-state index is 0.199. The van der Waals surface area contributed by atoms with Gasteiger partial charge in [-0.3, -0.25) is 9.59 Å². The van der Waals surface area contributed by atoms with Crippen LogP contribution >= 0.6 is 22.7 Å². The van der Waals surface area contributed by atoms with Gasteiger partial charge >= 0.3 is 0 Å². The molecule has 7 rings (SSSR count). The van der Waals surface area contributed by atoms with Gasteiger partial charge in [0.1, 0.15) is 11.6 Å². The molecule has 12 atom stereocenters. The summed E-state index contributed by atoms with van der Waals surface area (Å²) in [7, 11) is 0. The minimum atomic E-state index is 0.199. The van der Waals surface area contributed by atoms with Crippen molar-refractivity contribution in [3.8, 4) is 9.75 Å². The summed E-state index contributed by atoms with van der Waals surface area (Å²) in [6.45, 7) is 16.6. The van der Waals surface area contributed by atoms with Crippen LogP contribution in [0.4, 0.5) is 0 Å². The van der Waals surface area contributed by atoms with Gasteiger partial charge in [-0.25, -0.2) is 0 Å². The quantitative estimate of drug-likeness (QED) is 0.0837. The zero-order valence-electron chi connectivity index (χ0n) is 42.5. The first-order valence-corrected chi connectivity index (χ1v) is 30.0. The fourth-order valence-electron chi connectivity index (χ4n) is 15.2. The van der Waals surface area contributed by atoms with Crippen molar-refractivity contribution >= 4 is 34.2 Å². The van der Waals surface area contributed by atoms with E-state index < -0.39 is 0 Å². The van der Waals surface area contributed by atoms with Crippen LogP contribution in [0.1, 0.15) is 256 Å².